The molecule has 212 valence electrons. The van der Waals surface area contributed by atoms with E-state index in [1.807, 2.05) is 0 Å². The fourth-order valence-corrected chi connectivity index (χ4v) is 3.72. The highest BCUT2D eigenvalue weighted by Gasteiger charge is 2.30. The number of hydrogen-bond acceptors (Lipinski definition) is 8. The molecule has 1 aromatic carbocycles. The van der Waals surface area contributed by atoms with Gasteiger partial charge in [-0.15, -0.1) is 0 Å². The van der Waals surface area contributed by atoms with Crippen molar-refractivity contribution in [3.63, 3.8) is 0 Å². The van der Waals surface area contributed by atoms with Crippen LogP contribution in [0.3, 0.4) is 0 Å². The van der Waals surface area contributed by atoms with Crippen LogP contribution in [-0.2, 0) is 32.0 Å². The van der Waals surface area contributed by atoms with Crippen molar-refractivity contribution in [2.45, 2.75) is 49.9 Å². The Morgan fingerprint density at radius 3 is 2.15 bits per heavy atom. The number of aliphatic imine (C=N–C) groups is 1. The number of carboxylic acid groups (broad SMARTS) is 1. The number of rotatable bonds is 16. The Morgan fingerprint density at radius 2 is 1.59 bits per heavy atom. The summed E-state index contributed by atoms with van der Waals surface area (Å²) < 4.78 is 0. The lowest BCUT2D eigenvalue weighted by Gasteiger charge is -2.25. The van der Waals surface area contributed by atoms with Crippen LogP contribution in [0.4, 0.5) is 0 Å². The maximum absolute atomic E-state index is 13.4. The molecule has 15 heteroatoms. The summed E-state index contributed by atoms with van der Waals surface area (Å²) in [5.41, 5.74) is 17.6. The van der Waals surface area contributed by atoms with Gasteiger partial charge in [-0.2, -0.15) is 12.6 Å². The van der Waals surface area contributed by atoms with E-state index in [-0.39, 0.29) is 37.5 Å². The molecular weight excluding hydrogens is 526 g/mol. The monoisotopic (exact) mass is 561 g/mol. The van der Waals surface area contributed by atoms with Crippen molar-refractivity contribution in [2.24, 2.45) is 22.2 Å². The van der Waals surface area contributed by atoms with Gasteiger partial charge < -0.3 is 43.2 Å². The normalized spacial score (nSPS) is 13.8. The van der Waals surface area contributed by atoms with E-state index in [0.29, 0.717) is 12.1 Å². The van der Waals surface area contributed by atoms with Crippen molar-refractivity contribution in [3.8, 4) is 0 Å². The molecule has 2 aromatic rings. The van der Waals surface area contributed by atoms with Gasteiger partial charge in [0, 0.05) is 37.0 Å². The summed E-state index contributed by atoms with van der Waals surface area (Å²) in [6.45, 7) is 0.190. The van der Waals surface area contributed by atoms with E-state index in [2.05, 4.69) is 43.5 Å². The molecule has 0 radical (unpaired) electrons. The number of imidazole rings is 1. The number of hydrogen-bond donors (Lipinski definition) is 9. The molecule has 0 saturated heterocycles. The van der Waals surface area contributed by atoms with Gasteiger partial charge in [0.15, 0.2) is 5.96 Å². The average molecular weight is 562 g/mol. The Morgan fingerprint density at radius 1 is 0.974 bits per heavy atom. The van der Waals surface area contributed by atoms with E-state index in [1.165, 1.54) is 12.5 Å². The highest BCUT2D eigenvalue weighted by molar-refractivity contribution is 7.80. The van der Waals surface area contributed by atoms with Crippen molar-refractivity contribution in [1.82, 2.24) is 25.9 Å². The molecule has 14 nitrogen and oxygen atoms in total. The maximum atomic E-state index is 13.4. The summed E-state index contributed by atoms with van der Waals surface area (Å²) in [7, 11) is 0. The Kier molecular flexibility index (Phi) is 12.8. The number of carbonyl (C=O) groups is 4. The molecule has 0 unspecified atom stereocenters. The van der Waals surface area contributed by atoms with Crippen molar-refractivity contribution in [1.29, 1.82) is 0 Å². The predicted molar refractivity (Wildman–Crippen MR) is 148 cm³/mol. The fourth-order valence-electron chi connectivity index (χ4n) is 3.55. The van der Waals surface area contributed by atoms with Crippen molar-refractivity contribution in [3.05, 3.63) is 54.1 Å². The zero-order chi connectivity index (χ0) is 28.8. The fraction of sp³-hybridized carbons (Fsp3) is 0.417. The van der Waals surface area contributed by atoms with Crippen molar-refractivity contribution >= 4 is 42.3 Å². The third kappa shape index (κ3) is 11.0. The molecular formula is C24H35N9O5S. The zero-order valence-corrected chi connectivity index (χ0v) is 22.1. The molecule has 0 fully saturated rings. The van der Waals surface area contributed by atoms with Crippen LogP contribution in [0.5, 0.6) is 0 Å². The highest BCUT2D eigenvalue weighted by atomic mass is 32.1. The molecule has 3 amide bonds. The summed E-state index contributed by atoms with van der Waals surface area (Å²) in [5.74, 6) is -3.28. The molecule has 1 heterocycles. The van der Waals surface area contributed by atoms with E-state index in [9.17, 15) is 24.3 Å². The lowest BCUT2D eigenvalue weighted by Crippen LogP contribution is -2.58. The van der Waals surface area contributed by atoms with Crippen LogP contribution in [0.2, 0.25) is 0 Å². The number of amides is 3. The first kappa shape index (κ1) is 31.1. The van der Waals surface area contributed by atoms with Crippen LogP contribution in [0.25, 0.3) is 0 Å². The Balaban J connectivity index is 2.22. The molecule has 0 spiro atoms. The number of aromatic nitrogens is 2. The number of nitrogens with two attached hydrogens (primary N) is 3. The number of aliphatic carboxylic acids is 1. The van der Waals surface area contributed by atoms with E-state index in [1.54, 1.807) is 30.3 Å². The molecule has 2 rings (SSSR count). The molecule has 39 heavy (non-hydrogen) atoms. The quantitative estimate of drug-likeness (QED) is 0.0477. The minimum Gasteiger partial charge on any atom is -0.480 e. The molecule has 0 bridgehead atoms. The van der Waals surface area contributed by atoms with Crippen LogP contribution < -0.4 is 33.2 Å². The topological polar surface area (TPSA) is 244 Å². The van der Waals surface area contributed by atoms with Crippen molar-refractivity contribution < 1.29 is 24.3 Å². The number of carbonyl (C=O) groups excluding carboxylic acids is 3. The summed E-state index contributed by atoms with van der Waals surface area (Å²) in [6.07, 6.45) is 3.40. The summed E-state index contributed by atoms with van der Waals surface area (Å²) in [6, 6.07) is 4.43. The summed E-state index contributed by atoms with van der Waals surface area (Å²) in [4.78, 5) is 61.5. The van der Waals surface area contributed by atoms with Crippen LogP contribution in [0.1, 0.15) is 24.1 Å². The first-order valence-electron chi connectivity index (χ1n) is 12.2. The minimum absolute atomic E-state index is 0.0408. The van der Waals surface area contributed by atoms with Gasteiger partial charge >= 0.3 is 5.97 Å². The van der Waals surface area contributed by atoms with Gasteiger partial charge in [0.05, 0.1) is 12.4 Å². The van der Waals surface area contributed by atoms with Crippen LogP contribution in [-0.4, -0.2) is 81.2 Å². The first-order chi connectivity index (χ1) is 18.6. The summed E-state index contributed by atoms with van der Waals surface area (Å²) >= 11 is 4.02. The average Bonchev–Trinajstić information content (AvgIpc) is 3.42. The first-order valence-corrected chi connectivity index (χ1v) is 12.8. The van der Waals surface area contributed by atoms with Crippen LogP contribution in [0, 0.1) is 0 Å². The van der Waals surface area contributed by atoms with E-state index < -0.39 is 47.9 Å². The standard InChI is InChI=1S/C24H35N9O5S/c25-16(12-39)20(34)32-19(10-15-11-28-13-30-15)22(36)33-18(9-14-5-2-1-3-6-14)21(35)31-17(23(37)38)7-4-8-29-24(26)27/h1-3,5-6,11,13,16-19,39H,4,7-10,12,25H2,(H,28,30)(H,31,35)(H,32,34)(H,33,36)(H,37,38)(H4,26,27,29)/t16-,17-,18+,19-/m0/s1. The number of nitrogens with one attached hydrogen (secondary N) is 4. The Hall–Kier alpha value is -4.11. The van der Waals surface area contributed by atoms with Gasteiger partial charge in [0.2, 0.25) is 17.7 Å². The molecule has 4 atom stereocenters. The molecule has 0 aliphatic carbocycles. The second-order valence-corrected chi connectivity index (χ2v) is 9.10. The molecule has 1 aromatic heterocycles. The number of guanidine groups is 1. The predicted octanol–water partition coefficient (Wildman–Crippen LogP) is -1.96. The van der Waals surface area contributed by atoms with Crippen molar-refractivity contribution in [2.75, 3.05) is 12.3 Å². The molecule has 0 aliphatic heterocycles. The minimum atomic E-state index is -1.25. The lowest BCUT2D eigenvalue weighted by atomic mass is 10.0. The maximum Gasteiger partial charge on any atom is 0.326 e. The van der Waals surface area contributed by atoms with Gasteiger partial charge in [0.25, 0.3) is 0 Å². The van der Waals surface area contributed by atoms with Gasteiger partial charge in [-0.05, 0) is 18.4 Å². The molecule has 11 N–H and O–H groups in total. The number of carboxylic acids is 1. The Bertz CT molecular complexity index is 1110. The van der Waals surface area contributed by atoms with E-state index >= 15 is 0 Å². The van der Waals surface area contributed by atoms with Gasteiger partial charge in [-0.1, -0.05) is 30.3 Å². The second kappa shape index (κ2) is 16.0. The molecule has 0 saturated carbocycles. The van der Waals surface area contributed by atoms with Crippen LogP contribution in [0.15, 0.2) is 47.8 Å². The summed E-state index contributed by atoms with van der Waals surface area (Å²) in [5, 5.41) is 17.4. The van der Waals surface area contributed by atoms with Gasteiger partial charge in [-0.25, -0.2) is 9.78 Å². The molecule has 0 aliphatic rings. The SMILES string of the molecule is NC(N)=NCCC[C@H](NC(=O)[C@@H](Cc1ccccc1)NC(=O)[C@H](Cc1cnc[nH]1)NC(=O)[C@@H](N)CS)C(=O)O. The van der Waals surface area contributed by atoms with Gasteiger partial charge in [-0.3, -0.25) is 19.4 Å². The van der Waals surface area contributed by atoms with E-state index in [0.717, 1.165) is 5.56 Å². The third-order valence-electron chi connectivity index (χ3n) is 5.62. The number of nitrogens with zero attached hydrogens (tertiary/aromatic N) is 2. The zero-order valence-electron chi connectivity index (χ0n) is 21.2. The largest absolute Gasteiger partial charge is 0.480 e. The lowest BCUT2D eigenvalue weighted by molar-refractivity contribution is -0.142. The van der Waals surface area contributed by atoms with Gasteiger partial charge in [0.1, 0.15) is 18.1 Å². The number of aromatic amines is 1. The Labute approximate surface area is 231 Å². The van der Waals surface area contributed by atoms with E-state index in [4.69, 9.17) is 17.2 Å². The second-order valence-electron chi connectivity index (χ2n) is 8.73. The number of H-pyrrole nitrogens is 1. The third-order valence-corrected chi connectivity index (χ3v) is 6.01. The number of thiol groups is 1. The number of benzene rings is 1. The highest BCUT2D eigenvalue weighted by Crippen LogP contribution is 2.07. The smallest absolute Gasteiger partial charge is 0.326 e. The van der Waals surface area contributed by atoms with Crippen LogP contribution >= 0.6 is 12.6 Å².